The highest BCUT2D eigenvalue weighted by atomic mass is 32.2. The predicted molar refractivity (Wildman–Crippen MR) is 82.2 cm³/mol. The van der Waals surface area contributed by atoms with Crippen LogP contribution in [-0.4, -0.2) is 53.0 Å². The normalized spacial score (nSPS) is 19.8. The molecule has 2 heterocycles. The van der Waals surface area contributed by atoms with E-state index in [1.165, 1.54) is 28.4 Å². The fourth-order valence-corrected chi connectivity index (χ4v) is 4.28. The molecule has 0 bridgehead atoms. The van der Waals surface area contributed by atoms with E-state index in [0.29, 0.717) is 30.9 Å². The molecule has 1 aromatic rings. The van der Waals surface area contributed by atoms with E-state index in [1.807, 2.05) is 0 Å². The van der Waals surface area contributed by atoms with Gasteiger partial charge >= 0.3 is 12.1 Å². The summed E-state index contributed by atoms with van der Waals surface area (Å²) in [4.78, 5) is 25.0. The fraction of sp³-hybridized carbons (Fsp3) is 0.429. The molecule has 2 aliphatic heterocycles. The summed E-state index contributed by atoms with van der Waals surface area (Å²) in [5.74, 6) is -0.511. The minimum Gasteiger partial charge on any atom is -0.465 e. The molecule has 0 N–H and O–H groups in total. The number of cyclic esters (lactones) is 1. The zero-order chi connectivity index (χ0) is 16.6. The molecule has 0 atom stereocenters. The summed E-state index contributed by atoms with van der Waals surface area (Å²) in [5, 5.41) is 0. The second kappa shape index (κ2) is 5.73. The number of methoxy groups -OCH3 is 1. The topological polar surface area (TPSA) is 93.2 Å². The van der Waals surface area contributed by atoms with Crippen molar-refractivity contribution >= 4 is 33.5 Å². The Morgan fingerprint density at radius 2 is 2.09 bits per heavy atom. The lowest BCUT2D eigenvalue weighted by molar-refractivity contribution is 0.0601. The molecule has 1 amide bonds. The van der Waals surface area contributed by atoms with Crippen LogP contribution in [0, 0.1) is 0 Å². The van der Waals surface area contributed by atoms with Gasteiger partial charge in [0.1, 0.15) is 6.61 Å². The van der Waals surface area contributed by atoms with Gasteiger partial charge in [0.25, 0.3) is 0 Å². The molecule has 3 rings (SSSR count). The SMILES string of the molecule is COC(=O)c1ccc(N2CCCS2(=O)=O)cc1N1CCOC1=O. The summed E-state index contributed by atoms with van der Waals surface area (Å²) in [6.45, 7) is 0.883. The molecule has 0 aromatic heterocycles. The average Bonchev–Trinajstić information content (AvgIpc) is 3.11. The predicted octanol–water partition coefficient (Wildman–Crippen LogP) is 0.970. The number of carbonyl (C=O) groups excluding carboxylic acids is 2. The Morgan fingerprint density at radius 3 is 2.65 bits per heavy atom. The number of benzene rings is 1. The third kappa shape index (κ3) is 2.72. The Balaban J connectivity index is 2.08. The van der Waals surface area contributed by atoms with Gasteiger partial charge in [0, 0.05) is 6.54 Å². The van der Waals surface area contributed by atoms with Crippen LogP contribution in [0.2, 0.25) is 0 Å². The van der Waals surface area contributed by atoms with Gasteiger partial charge in [-0.2, -0.15) is 0 Å². The number of rotatable bonds is 3. The van der Waals surface area contributed by atoms with Crippen LogP contribution in [0.25, 0.3) is 0 Å². The Hall–Kier alpha value is -2.29. The van der Waals surface area contributed by atoms with Gasteiger partial charge in [-0.3, -0.25) is 9.21 Å². The highest BCUT2D eigenvalue weighted by Gasteiger charge is 2.32. The third-order valence-electron chi connectivity index (χ3n) is 3.83. The molecule has 1 aromatic carbocycles. The van der Waals surface area contributed by atoms with E-state index < -0.39 is 22.1 Å². The molecular formula is C14H16N2O6S. The smallest absolute Gasteiger partial charge is 0.414 e. The minimum absolute atomic E-state index is 0.0901. The summed E-state index contributed by atoms with van der Waals surface area (Å²) in [6.07, 6.45) is -0.0288. The zero-order valence-corrected chi connectivity index (χ0v) is 13.3. The lowest BCUT2D eigenvalue weighted by atomic mass is 10.1. The van der Waals surface area contributed by atoms with Crippen molar-refractivity contribution in [2.24, 2.45) is 0 Å². The van der Waals surface area contributed by atoms with Crippen molar-refractivity contribution in [2.75, 3.05) is 41.8 Å². The highest BCUT2D eigenvalue weighted by molar-refractivity contribution is 7.93. The maximum atomic E-state index is 12.1. The van der Waals surface area contributed by atoms with Gasteiger partial charge in [-0.1, -0.05) is 0 Å². The lowest BCUT2D eigenvalue weighted by Gasteiger charge is -2.21. The lowest BCUT2D eigenvalue weighted by Crippen LogP contribution is -2.28. The number of nitrogens with zero attached hydrogens (tertiary/aromatic N) is 2. The number of anilines is 2. The van der Waals surface area contributed by atoms with E-state index in [2.05, 4.69) is 0 Å². The summed E-state index contributed by atoms with van der Waals surface area (Å²) >= 11 is 0. The van der Waals surface area contributed by atoms with Crippen molar-refractivity contribution in [1.29, 1.82) is 0 Å². The molecule has 0 radical (unpaired) electrons. The molecule has 23 heavy (non-hydrogen) atoms. The first kappa shape index (κ1) is 15.6. The Morgan fingerprint density at radius 1 is 1.30 bits per heavy atom. The van der Waals surface area contributed by atoms with Gasteiger partial charge in [-0.15, -0.1) is 0 Å². The number of amides is 1. The highest BCUT2D eigenvalue weighted by Crippen LogP contribution is 2.32. The van der Waals surface area contributed by atoms with Crippen LogP contribution in [0.5, 0.6) is 0 Å². The van der Waals surface area contributed by atoms with Crippen molar-refractivity contribution in [3.05, 3.63) is 23.8 Å². The van der Waals surface area contributed by atoms with Gasteiger partial charge in [0.15, 0.2) is 0 Å². The van der Waals surface area contributed by atoms with Gasteiger partial charge in [-0.25, -0.2) is 18.0 Å². The van der Waals surface area contributed by atoms with Crippen molar-refractivity contribution in [3.63, 3.8) is 0 Å². The molecule has 0 spiro atoms. The second-order valence-corrected chi connectivity index (χ2v) is 7.21. The van der Waals surface area contributed by atoms with Crippen molar-refractivity contribution in [1.82, 2.24) is 0 Å². The molecule has 0 aliphatic carbocycles. The van der Waals surface area contributed by atoms with Crippen molar-refractivity contribution in [2.45, 2.75) is 6.42 Å². The maximum Gasteiger partial charge on any atom is 0.414 e. The number of carbonyl (C=O) groups is 2. The van der Waals surface area contributed by atoms with E-state index >= 15 is 0 Å². The molecule has 9 heteroatoms. The number of esters is 1. The largest absolute Gasteiger partial charge is 0.465 e. The van der Waals surface area contributed by atoms with Crippen LogP contribution in [0.15, 0.2) is 18.2 Å². The first-order valence-corrected chi connectivity index (χ1v) is 8.72. The zero-order valence-electron chi connectivity index (χ0n) is 12.5. The van der Waals surface area contributed by atoms with Gasteiger partial charge in [0.05, 0.1) is 36.3 Å². The second-order valence-electron chi connectivity index (χ2n) is 5.20. The monoisotopic (exact) mass is 340 g/mol. The van der Waals surface area contributed by atoms with Gasteiger partial charge < -0.3 is 9.47 Å². The molecule has 2 aliphatic rings. The van der Waals surface area contributed by atoms with Crippen LogP contribution in [-0.2, 0) is 19.5 Å². The fourth-order valence-electron chi connectivity index (χ4n) is 2.72. The molecular weight excluding hydrogens is 324 g/mol. The van der Waals surface area contributed by atoms with E-state index in [4.69, 9.17) is 9.47 Å². The summed E-state index contributed by atoms with van der Waals surface area (Å²) in [5.41, 5.74) is 0.899. The van der Waals surface area contributed by atoms with Crippen LogP contribution in [0.1, 0.15) is 16.8 Å². The van der Waals surface area contributed by atoms with Crippen molar-refractivity contribution < 1.29 is 27.5 Å². The number of ether oxygens (including phenoxy) is 2. The molecule has 8 nitrogen and oxygen atoms in total. The first-order chi connectivity index (χ1) is 10.9. The van der Waals surface area contributed by atoms with E-state index in [0.717, 1.165) is 0 Å². The van der Waals surface area contributed by atoms with Crippen LogP contribution in [0.3, 0.4) is 0 Å². The van der Waals surface area contributed by atoms with E-state index in [-0.39, 0.29) is 17.9 Å². The molecule has 2 fully saturated rings. The molecule has 0 saturated carbocycles. The number of sulfonamides is 1. The Labute approximate surface area is 133 Å². The molecule has 0 unspecified atom stereocenters. The van der Waals surface area contributed by atoms with E-state index in [1.54, 1.807) is 6.07 Å². The number of hydrogen-bond donors (Lipinski definition) is 0. The van der Waals surface area contributed by atoms with Gasteiger partial charge in [-0.05, 0) is 24.6 Å². The Bertz CT molecular complexity index is 761. The average molecular weight is 340 g/mol. The first-order valence-electron chi connectivity index (χ1n) is 7.11. The standard InChI is InChI=1S/C14H16N2O6S/c1-21-13(17)11-4-3-10(16-5-2-8-23(16,19)20)9-12(11)15-6-7-22-14(15)18/h3-4,9H,2,5-8H2,1H3. The van der Waals surface area contributed by atoms with Crippen LogP contribution < -0.4 is 9.21 Å². The maximum absolute atomic E-state index is 12.1. The van der Waals surface area contributed by atoms with Crippen LogP contribution >= 0.6 is 0 Å². The van der Waals surface area contributed by atoms with Crippen molar-refractivity contribution in [3.8, 4) is 0 Å². The van der Waals surface area contributed by atoms with Gasteiger partial charge in [0.2, 0.25) is 10.0 Å². The van der Waals surface area contributed by atoms with Crippen LogP contribution in [0.4, 0.5) is 16.2 Å². The Kier molecular flexibility index (Phi) is 3.88. The molecule has 2 saturated heterocycles. The summed E-state index contributed by atoms with van der Waals surface area (Å²) < 4.78 is 35.0. The quantitative estimate of drug-likeness (QED) is 0.761. The van der Waals surface area contributed by atoms with E-state index in [9.17, 15) is 18.0 Å². The summed E-state index contributed by atoms with van der Waals surface area (Å²) in [6, 6.07) is 4.53. The third-order valence-corrected chi connectivity index (χ3v) is 5.70. The summed E-state index contributed by atoms with van der Waals surface area (Å²) in [7, 11) is -2.11. The number of hydrogen-bond acceptors (Lipinski definition) is 6. The molecule has 124 valence electrons. The minimum atomic E-state index is -3.35.